The van der Waals surface area contributed by atoms with Crippen LogP contribution in [0.4, 0.5) is 4.79 Å². The molecule has 2 unspecified atom stereocenters. The van der Waals surface area contributed by atoms with E-state index in [0.29, 0.717) is 68.5 Å². The smallest absolute Gasteiger partial charge is 0.404 e. The van der Waals surface area contributed by atoms with Gasteiger partial charge in [0.2, 0.25) is 0 Å². The lowest BCUT2D eigenvalue weighted by atomic mass is 9.73. The number of hydrogen-bond donors (Lipinski definition) is 3. The van der Waals surface area contributed by atoms with Crippen LogP contribution in [0.2, 0.25) is 0 Å². The normalized spacial score (nSPS) is 20.7. The largest absolute Gasteiger partial charge is 0.465 e. The van der Waals surface area contributed by atoms with Gasteiger partial charge in [0.15, 0.2) is 5.82 Å². The van der Waals surface area contributed by atoms with Crippen LogP contribution in [0.5, 0.6) is 11.5 Å². The third kappa shape index (κ3) is 8.09. The van der Waals surface area contributed by atoms with E-state index in [-0.39, 0.29) is 20.6 Å². The van der Waals surface area contributed by atoms with E-state index in [1.165, 1.54) is 0 Å². The number of aryl methyl sites for hydroxylation is 1. The second kappa shape index (κ2) is 15.1. The number of piperidine rings is 1. The van der Waals surface area contributed by atoms with Gasteiger partial charge in [-0.1, -0.05) is 36.4 Å². The van der Waals surface area contributed by atoms with E-state index < -0.39 is 11.7 Å². The second-order valence-electron chi connectivity index (χ2n) is 11.3. The lowest BCUT2D eigenvalue weighted by Crippen LogP contribution is -2.49. The number of carboxylic acid groups (broad SMARTS) is 1. The van der Waals surface area contributed by atoms with Crippen molar-refractivity contribution in [3.05, 3.63) is 79.3 Å². The molecule has 3 N–H and O–H groups in total. The molecule has 0 saturated carbocycles. The number of rotatable bonds is 13. The van der Waals surface area contributed by atoms with E-state index in [1.807, 2.05) is 65.3 Å². The number of methoxy groups -OCH3 is 1. The molecule has 0 bridgehead atoms. The summed E-state index contributed by atoms with van der Waals surface area (Å²) in [7, 11) is 1.66. The van der Waals surface area contributed by atoms with E-state index in [0.717, 1.165) is 31.2 Å². The zero-order chi connectivity index (χ0) is 31.0. The fraction of sp³-hybridized carbons (Fsp3) is 0.516. The molecule has 11 nitrogen and oxygen atoms in total. The number of para-hydroxylation sites is 2. The van der Waals surface area contributed by atoms with Crippen LogP contribution < -0.4 is 10.1 Å². The van der Waals surface area contributed by atoms with Gasteiger partial charge in [-0.25, -0.2) is 4.79 Å². The van der Waals surface area contributed by atoms with Crippen LogP contribution >= 0.6 is 22.6 Å². The molecular weight excluding hydrogens is 667 g/mol. The highest BCUT2D eigenvalue weighted by Crippen LogP contribution is 2.45. The van der Waals surface area contributed by atoms with Crippen LogP contribution in [0.15, 0.2) is 58.1 Å². The van der Waals surface area contributed by atoms with Gasteiger partial charge in [0.25, 0.3) is 0 Å². The van der Waals surface area contributed by atoms with Gasteiger partial charge in [0.1, 0.15) is 11.5 Å². The molecule has 0 spiro atoms. The Hall–Kier alpha value is -3.10. The van der Waals surface area contributed by atoms with Crippen LogP contribution in [0, 0.1) is 23.0 Å². The molecule has 4 rings (SSSR count). The topological polar surface area (TPSA) is 138 Å². The number of carbonyl (C=O) groups is 1. The van der Waals surface area contributed by atoms with Crippen molar-refractivity contribution < 1.29 is 29.4 Å². The van der Waals surface area contributed by atoms with Gasteiger partial charge in [0, 0.05) is 74.0 Å². The van der Waals surface area contributed by atoms with Crippen molar-refractivity contribution >= 4 is 28.7 Å². The molecule has 0 aromatic heterocycles. The van der Waals surface area contributed by atoms with Crippen LogP contribution in [0.1, 0.15) is 49.7 Å². The van der Waals surface area contributed by atoms with Crippen molar-refractivity contribution in [1.29, 1.82) is 0 Å². The van der Waals surface area contributed by atoms with Gasteiger partial charge in [0.05, 0.1) is 16.6 Å². The monoisotopic (exact) mass is 708 g/mol. The average Bonchev–Trinajstić information content (AvgIpc) is 3.44. The highest BCUT2D eigenvalue weighted by atomic mass is 127. The fourth-order valence-corrected chi connectivity index (χ4v) is 6.93. The highest BCUT2D eigenvalue weighted by Gasteiger charge is 2.44. The number of nitrogens with zero attached hydrogens (tertiary/aromatic N) is 3. The van der Waals surface area contributed by atoms with Crippen molar-refractivity contribution in [2.75, 3.05) is 39.9 Å². The molecule has 43 heavy (non-hydrogen) atoms. The number of benzene rings is 2. The second-order valence-corrected chi connectivity index (χ2v) is 12.3. The zero-order valence-corrected chi connectivity index (χ0v) is 26.9. The number of nitro groups is 1. The maximum atomic E-state index is 12.7. The first-order valence-electron chi connectivity index (χ1n) is 14.7. The average molecular weight is 709 g/mol. The molecule has 0 aliphatic carbocycles. The van der Waals surface area contributed by atoms with Crippen molar-refractivity contribution in [2.24, 2.45) is 5.92 Å². The van der Waals surface area contributed by atoms with E-state index in [1.54, 1.807) is 29.7 Å². The summed E-state index contributed by atoms with van der Waals surface area (Å²) < 4.78 is 11.7. The Morgan fingerprint density at radius 2 is 1.79 bits per heavy atom. The van der Waals surface area contributed by atoms with Crippen molar-refractivity contribution in [1.82, 2.24) is 15.1 Å². The number of ether oxygens (including phenoxy) is 2. The van der Waals surface area contributed by atoms with Crippen LogP contribution in [-0.4, -0.2) is 77.0 Å². The molecule has 2 aromatic rings. The first kappa shape index (κ1) is 32.8. The molecule has 2 saturated heterocycles. The number of aliphatic hydroxyl groups is 1. The van der Waals surface area contributed by atoms with Gasteiger partial charge in [-0.2, -0.15) is 0 Å². The molecule has 2 heterocycles. The summed E-state index contributed by atoms with van der Waals surface area (Å²) in [5.74, 6) is 1.54. The number of unbranched alkanes of at least 4 members (excludes halogenated alkanes) is 1. The highest BCUT2D eigenvalue weighted by molar-refractivity contribution is 14.1. The maximum Gasteiger partial charge on any atom is 0.404 e. The standard InChI is InChI=1S/C31H41IN4O7/c1-22-10-3-5-13-26(22)43-27-14-6-4-12-25(27)31(39,16-7-8-19-42-2)23-11-9-17-34(20-23)29(28(32)36(40)41)35-18-15-24(21-35)33-30(37)38/h3-6,10,12-14,23-24,33,39H,7-9,11,15-21H2,1-2H3,(H,37,38)/t23?,24?,31-/m0/s1. The van der Waals surface area contributed by atoms with Crippen molar-refractivity contribution in [2.45, 2.75) is 57.1 Å². The molecule has 2 fully saturated rings. The number of likely N-dealkylation sites (tertiary alicyclic amines) is 2. The Labute approximate surface area is 266 Å². The summed E-state index contributed by atoms with van der Waals surface area (Å²) in [6, 6.07) is 15.0. The summed E-state index contributed by atoms with van der Waals surface area (Å²) in [6.07, 6.45) is 2.91. The van der Waals surface area contributed by atoms with E-state index in [2.05, 4.69) is 5.32 Å². The first-order chi connectivity index (χ1) is 20.6. The quantitative estimate of drug-likeness (QED) is 0.0789. The summed E-state index contributed by atoms with van der Waals surface area (Å²) in [5.41, 5.74) is 0.411. The molecule has 3 atom stereocenters. The molecular formula is C31H41IN4O7. The molecule has 12 heteroatoms. The van der Waals surface area contributed by atoms with Crippen molar-refractivity contribution in [3.63, 3.8) is 0 Å². The number of hydrogen-bond acceptors (Lipinski definition) is 8. The molecule has 0 radical (unpaired) electrons. The van der Waals surface area contributed by atoms with E-state index in [4.69, 9.17) is 9.47 Å². The molecule has 1 amide bonds. The zero-order valence-electron chi connectivity index (χ0n) is 24.7. The SMILES string of the molecule is COCCCC[C@@](O)(c1ccccc1Oc1ccccc1C)C1CCCN(C(=C(I)[N+](=O)[O-])N2CCC(NC(=O)O)C2)C1. The summed E-state index contributed by atoms with van der Waals surface area (Å²) >= 11 is 1.77. The number of amides is 1. The van der Waals surface area contributed by atoms with E-state index >= 15 is 0 Å². The van der Waals surface area contributed by atoms with Gasteiger partial charge in [-0.15, -0.1) is 0 Å². The maximum absolute atomic E-state index is 12.7. The molecule has 2 aromatic carbocycles. The number of nitrogens with one attached hydrogen (secondary N) is 1. The third-order valence-electron chi connectivity index (χ3n) is 8.38. The lowest BCUT2D eigenvalue weighted by molar-refractivity contribution is -0.409. The van der Waals surface area contributed by atoms with Crippen molar-refractivity contribution in [3.8, 4) is 11.5 Å². The lowest BCUT2D eigenvalue weighted by Gasteiger charge is -2.45. The number of halogens is 1. The Kier molecular flexibility index (Phi) is 11.5. The van der Waals surface area contributed by atoms with E-state index in [9.17, 15) is 25.1 Å². The molecule has 2 aliphatic heterocycles. The Bertz CT molecular complexity index is 1310. The van der Waals surface area contributed by atoms with Crippen LogP contribution in [-0.2, 0) is 10.3 Å². The minimum atomic E-state index is -1.27. The Morgan fingerprint density at radius 1 is 1.09 bits per heavy atom. The first-order valence-corrected chi connectivity index (χ1v) is 15.8. The summed E-state index contributed by atoms with van der Waals surface area (Å²) in [6.45, 7) is 4.41. The fourth-order valence-electron chi connectivity index (χ4n) is 6.25. The van der Waals surface area contributed by atoms with Gasteiger partial charge >= 0.3 is 9.80 Å². The Balaban J connectivity index is 1.68. The third-order valence-corrected chi connectivity index (χ3v) is 9.26. The summed E-state index contributed by atoms with van der Waals surface area (Å²) in [5, 5.41) is 36.5. The van der Waals surface area contributed by atoms with Crippen LogP contribution in [0.3, 0.4) is 0 Å². The predicted octanol–water partition coefficient (Wildman–Crippen LogP) is 5.68. The van der Waals surface area contributed by atoms with Gasteiger partial charge in [-0.3, -0.25) is 10.1 Å². The van der Waals surface area contributed by atoms with Gasteiger partial charge < -0.3 is 34.8 Å². The Morgan fingerprint density at radius 3 is 2.49 bits per heavy atom. The van der Waals surface area contributed by atoms with Gasteiger partial charge in [-0.05, 0) is 63.1 Å². The minimum absolute atomic E-state index is 0.0128. The predicted molar refractivity (Wildman–Crippen MR) is 171 cm³/mol. The molecule has 2 aliphatic rings. The molecule has 234 valence electrons. The van der Waals surface area contributed by atoms with Crippen LogP contribution in [0.25, 0.3) is 0 Å². The minimum Gasteiger partial charge on any atom is -0.465 e. The summed E-state index contributed by atoms with van der Waals surface area (Å²) in [4.78, 5) is 26.8.